The topological polar surface area (TPSA) is 90.1 Å². The van der Waals surface area contributed by atoms with Crippen molar-refractivity contribution in [3.05, 3.63) is 53.6 Å². The molecular weight excluding hydrogens is 318 g/mol. The molecule has 0 unspecified atom stereocenters. The summed E-state index contributed by atoms with van der Waals surface area (Å²) in [5.41, 5.74) is 2.74. The number of urea groups is 1. The monoisotopic (exact) mass is 341 g/mol. The van der Waals surface area contributed by atoms with Gasteiger partial charge >= 0.3 is 6.03 Å². The van der Waals surface area contributed by atoms with Crippen molar-refractivity contribution >= 4 is 11.9 Å². The number of aromatic amines is 1. The number of benzene rings is 1. The molecule has 3 N–H and O–H groups in total. The van der Waals surface area contributed by atoms with E-state index in [2.05, 4.69) is 20.6 Å². The number of fused-ring (bicyclic) bond motifs is 1. The summed E-state index contributed by atoms with van der Waals surface area (Å²) in [5, 5.41) is 5.80. The Kier molecular flexibility index (Phi) is 5.02. The molecule has 3 rings (SSSR count). The molecule has 0 bridgehead atoms. The van der Waals surface area contributed by atoms with E-state index in [0.717, 1.165) is 17.0 Å². The van der Waals surface area contributed by atoms with E-state index in [4.69, 9.17) is 0 Å². The van der Waals surface area contributed by atoms with E-state index in [1.165, 1.54) is 0 Å². The van der Waals surface area contributed by atoms with Crippen LogP contribution in [0.3, 0.4) is 0 Å². The van der Waals surface area contributed by atoms with E-state index < -0.39 is 6.04 Å². The van der Waals surface area contributed by atoms with Crippen molar-refractivity contribution in [1.82, 2.24) is 25.5 Å². The SMILES string of the molecule is CC(C)NC(=O)N1Cc2[nH]cnc2C[C@H]1C(=O)NCc1ccccc1. The summed E-state index contributed by atoms with van der Waals surface area (Å²) >= 11 is 0. The van der Waals surface area contributed by atoms with Gasteiger partial charge < -0.3 is 20.5 Å². The molecule has 0 radical (unpaired) electrons. The van der Waals surface area contributed by atoms with Crippen LogP contribution in [0.25, 0.3) is 0 Å². The highest BCUT2D eigenvalue weighted by atomic mass is 16.2. The van der Waals surface area contributed by atoms with Gasteiger partial charge in [0.1, 0.15) is 6.04 Å². The van der Waals surface area contributed by atoms with Crippen molar-refractivity contribution in [2.45, 2.75) is 45.4 Å². The minimum atomic E-state index is -0.571. The number of carbonyl (C=O) groups is 2. The predicted octanol–water partition coefficient (Wildman–Crippen LogP) is 1.57. The van der Waals surface area contributed by atoms with Gasteiger partial charge in [0, 0.05) is 19.0 Å². The molecule has 1 aliphatic rings. The molecule has 1 atom stereocenters. The Bertz CT molecular complexity index is 741. The number of hydrogen-bond acceptors (Lipinski definition) is 3. The van der Waals surface area contributed by atoms with Crippen LogP contribution in [0.15, 0.2) is 36.7 Å². The maximum Gasteiger partial charge on any atom is 0.318 e. The van der Waals surface area contributed by atoms with E-state index >= 15 is 0 Å². The molecule has 1 aliphatic heterocycles. The number of imidazole rings is 1. The van der Waals surface area contributed by atoms with Gasteiger partial charge in [0.2, 0.25) is 5.91 Å². The highest BCUT2D eigenvalue weighted by Crippen LogP contribution is 2.21. The molecule has 7 heteroatoms. The van der Waals surface area contributed by atoms with Gasteiger partial charge in [-0.3, -0.25) is 4.79 Å². The van der Waals surface area contributed by atoms with E-state index in [-0.39, 0.29) is 18.0 Å². The number of amides is 3. The van der Waals surface area contributed by atoms with Gasteiger partial charge in [-0.15, -0.1) is 0 Å². The molecular formula is C18H23N5O2. The number of H-pyrrole nitrogens is 1. The average molecular weight is 341 g/mol. The lowest BCUT2D eigenvalue weighted by Gasteiger charge is -2.34. The van der Waals surface area contributed by atoms with Crippen LogP contribution in [0.4, 0.5) is 4.79 Å². The molecule has 3 amide bonds. The molecule has 7 nitrogen and oxygen atoms in total. The van der Waals surface area contributed by atoms with Gasteiger partial charge in [0.05, 0.1) is 24.3 Å². The maximum absolute atomic E-state index is 12.7. The van der Waals surface area contributed by atoms with Gasteiger partial charge in [-0.1, -0.05) is 30.3 Å². The minimum absolute atomic E-state index is 0.00342. The maximum atomic E-state index is 12.7. The number of rotatable bonds is 4. The molecule has 1 aromatic heterocycles. The second-order valence-corrected chi connectivity index (χ2v) is 6.48. The Morgan fingerprint density at radius 1 is 1.32 bits per heavy atom. The van der Waals surface area contributed by atoms with E-state index in [1.54, 1.807) is 11.2 Å². The summed E-state index contributed by atoms with van der Waals surface area (Å²) < 4.78 is 0. The first-order chi connectivity index (χ1) is 12.0. The van der Waals surface area contributed by atoms with Crippen molar-refractivity contribution in [3.63, 3.8) is 0 Å². The van der Waals surface area contributed by atoms with Crippen molar-refractivity contribution < 1.29 is 9.59 Å². The number of hydrogen-bond donors (Lipinski definition) is 3. The van der Waals surface area contributed by atoms with Crippen LogP contribution in [0, 0.1) is 0 Å². The molecule has 25 heavy (non-hydrogen) atoms. The Morgan fingerprint density at radius 3 is 2.80 bits per heavy atom. The zero-order valence-electron chi connectivity index (χ0n) is 14.5. The molecule has 0 saturated carbocycles. The van der Waals surface area contributed by atoms with Crippen molar-refractivity contribution in [2.24, 2.45) is 0 Å². The Labute approximate surface area is 146 Å². The van der Waals surface area contributed by atoms with E-state index in [9.17, 15) is 9.59 Å². The number of nitrogens with zero attached hydrogens (tertiary/aromatic N) is 2. The third kappa shape index (κ3) is 3.99. The fourth-order valence-electron chi connectivity index (χ4n) is 2.92. The third-order valence-corrected chi connectivity index (χ3v) is 4.18. The van der Waals surface area contributed by atoms with Gasteiger partial charge in [0.15, 0.2) is 0 Å². The van der Waals surface area contributed by atoms with Gasteiger partial charge in [0.25, 0.3) is 0 Å². The van der Waals surface area contributed by atoms with Gasteiger partial charge in [-0.25, -0.2) is 9.78 Å². The second kappa shape index (κ2) is 7.38. The first kappa shape index (κ1) is 17.0. The van der Waals surface area contributed by atoms with E-state index in [1.807, 2.05) is 44.2 Å². The third-order valence-electron chi connectivity index (χ3n) is 4.18. The van der Waals surface area contributed by atoms with Crippen molar-refractivity contribution in [1.29, 1.82) is 0 Å². The fourth-order valence-corrected chi connectivity index (χ4v) is 2.92. The van der Waals surface area contributed by atoms with Crippen LogP contribution in [0.5, 0.6) is 0 Å². The second-order valence-electron chi connectivity index (χ2n) is 6.48. The molecule has 2 heterocycles. The molecule has 132 valence electrons. The molecule has 0 spiro atoms. The zero-order valence-corrected chi connectivity index (χ0v) is 14.5. The lowest BCUT2D eigenvalue weighted by molar-refractivity contribution is -0.126. The van der Waals surface area contributed by atoms with Crippen LogP contribution in [0.1, 0.15) is 30.8 Å². The summed E-state index contributed by atoms with van der Waals surface area (Å²) in [7, 11) is 0. The first-order valence-electron chi connectivity index (χ1n) is 8.44. The standard InChI is InChI=1S/C18H23N5O2/c1-12(2)22-18(25)23-10-15-14(20-11-21-15)8-16(23)17(24)19-9-13-6-4-3-5-7-13/h3-7,11-12,16H,8-10H2,1-2H3,(H,19,24)(H,20,21)(H,22,25)/t16-/m0/s1. The van der Waals surface area contributed by atoms with Gasteiger partial charge in [-0.2, -0.15) is 0 Å². The van der Waals surface area contributed by atoms with Crippen LogP contribution >= 0.6 is 0 Å². The Hall–Kier alpha value is -2.83. The van der Waals surface area contributed by atoms with Crippen molar-refractivity contribution in [2.75, 3.05) is 0 Å². The van der Waals surface area contributed by atoms with Crippen LogP contribution < -0.4 is 10.6 Å². The Morgan fingerprint density at radius 2 is 2.08 bits per heavy atom. The first-order valence-corrected chi connectivity index (χ1v) is 8.44. The van der Waals surface area contributed by atoms with Crippen LogP contribution in [-0.4, -0.2) is 38.9 Å². The minimum Gasteiger partial charge on any atom is -0.350 e. The highest BCUT2D eigenvalue weighted by molar-refractivity contribution is 5.87. The summed E-state index contributed by atoms with van der Waals surface area (Å²) in [4.78, 5) is 34.2. The quantitative estimate of drug-likeness (QED) is 0.788. The number of carbonyl (C=O) groups excluding carboxylic acids is 2. The summed E-state index contributed by atoms with van der Waals surface area (Å²) in [6.07, 6.45) is 2.01. The number of nitrogens with one attached hydrogen (secondary N) is 3. The van der Waals surface area contributed by atoms with Crippen molar-refractivity contribution in [3.8, 4) is 0 Å². The van der Waals surface area contributed by atoms with Crippen LogP contribution in [0.2, 0.25) is 0 Å². The largest absolute Gasteiger partial charge is 0.350 e. The molecule has 0 saturated heterocycles. The lowest BCUT2D eigenvalue weighted by atomic mass is 10.0. The fraction of sp³-hybridized carbons (Fsp3) is 0.389. The number of aromatic nitrogens is 2. The lowest BCUT2D eigenvalue weighted by Crippen LogP contribution is -2.56. The normalized spacial score (nSPS) is 16.4. The zero-order chi connectivity index (χ0) is 17.8. The molecule has 2 aromatic rings. The summed E-state index contributed by atoms with van der Waals surface area (Å²) in [5.74, 6) is -0.170. The Balaban J connectivity index is 1.73. The molecule has 1 aromatic carbocycles. The van der Waals surface area contributed by atoms with Crippen LogP contribution in [-0.2, 0) is 24.3 Å². The highest BCUT2D eigenvalue weighted by Gasteiger charge is 2.36. The van der Waals surface area contributed by atoms with E-state index in [0.29, 0.717) is 19.5 Å². The average Bonchev–Trinajstić information content (AvgIpc) is 3.06. The molecule has 0 fully saturated rings. The smallest absolute Gasteiger partial charge is 0.318 e. The predicted molar refractivity (Wildman–Crippen MR) is 93.6 cm³/mol. The summed E-state index contributed by atoms with van der Waals surface area (Å²) in [6.45, 7) is 4.57. The van der Waals surface area contributed by atoms with Gasteiger partial charge in [-0.05, 0) is 19.4 Å². The summed E-state index contributed by atoms with van der Waals surface area (Å²) in [6, 6.07) is 8.90. The molecule has 0 aliphatic carbocycles.